The third-order valence-corrected chi connectivity index (χ3v) is 5.45. The zero-order valence-corrected chi connectivity index (χ0v) is 16.6. The zero-order chi connectivity index (χ0) is 18.5. The van der Waals surface area contributed by atoms with Gasteiger partial charge in [-0.25, -0.2) is 4.98 Å². The van der Waals surface area contributed by atoms with Gasteiger partial charge in [0.05, 0.1) is 10.0 Å². The standard InChI is InChI=1S/C19H20Cl3N3O/c20-16-4-3-14(11-17(16)21)13-25(10-9-24-7-1-2-8-24)19(26)15-5-6-23-18(22)12-15/h3-6,11-12H,1-2,7-10,13H2. The van der Waals surface area contributed by atoms with Gasteiger partial charge in [0, 0.05) is 31.4 Å². The van der Waals surface area contributed by atoms with E-state index in [0.29, 0.717) is 33.9 Å². The Morgan fingerprint density at radius 3 is 2.54 bits per heavy atom. The van der Waals surface area contributed by atoms with Gasteiger partial charge >= 0.3 is 0 Å². The zero-order valence-electron chi connectivity index (χ0n) is 14.3. The first-order valence-electron chi connectivity index (χ1n) is 8.60. The van der Waals surface area contributed by atoms with E-state index in [2.05, 4.69) is 9.88 Å². The molecule has 0 aliphatic carbocycles. The van der Waals surface area contributed by atoms with Crippen LogP contribution in [0.25, 0.3) is 0 Å². The van der Waals surface area contributed by atoms with E-state index in [1.165, 1.54) is 12.8 Å². The molecule has 2 aromatic rings. The van der Waals surface area contributed by atoms with Crippen LogP contribution >= 0.6 is 34.8 Å². The van der Waals surface area contributed by atoms with E-state index in [0.717, 1.165) is 25.2 Å². The molecule has 26 heavy (non-hydrogen) atoms. The fraction of sp³-hybridized carbons (Fsp3) is 0.368. The summed E-state index contributed by atoms with van der Waals surface area (Å²) >= 11 is 18.1. The van der Waals surface area contributed by atoms with Crippen LogP contribution < -0.4 is 0 Å². The number of aromatic nitrogens is 1. The Kier molecular flexibility index (Phi) is 6.76. The van der Waals surface area contributed by atoms with Crippen molar-refractivity contribution in [1.82, 2.24) is 14.8 Å². The van der Waals surface area contributed by atoms with Crippen molar-refractivity contribution in [3.8, 4) is 0 Å². The molecular formula is C19H20Cl3N3O. The highest BCUT2D eigenvalue weighted by atomic mass is 35.5. The number of halogens is 3. The monoisotopic (exact) mass is 411 g/mol. The Labute approximate surface area is 168 Å². The van der Waals surface area contributed by atoms with Gasteiger partial charge in [0.1, 0.15) is 5.15 Å². The van der Waals surface area contributed by atoms with Crippen molar-refractivity contribution in [1.29, 1.82) is 0 Å². The van der Waals surface area contributed by atoms with Crippen LogP contribution in [0.1, 0.15) is 28.8 Å². The first-order chi connectivity index (χ1) is 12.5. The summed E-state index contributed by atoms with van der Waals surface area (Å²) < 4.78 is 0. The van der Waals surface area contributed by atoms with E-state index < -0.39 is 0 Å². The van der Waals surface area contributed by atoms with E-state index in [1.54, 1.807) is 30.5 Å². The van der Waals surface area contributed by atoms with Gasteiger partial charge in [-0.3, -0.25) is 4.79 Å². The summed E-state index contributed by atoms with van der Waals surface area (Å²) in [5, 5.41) is 1.30. The van der Waals surface area contributed by atoms with E-state index in [9.17, 15) is 4.79 Å². The maximum Gasteiger partial charge on any atom is 0.254 e. The highest BCUT2D eigenvalue weighted by Crippen LogP contribution is 2.24. The van der Waals surface area contributed by atoms with Crippen LogP contribution in [0.2, 0.25) is 15.2 Å². The first-order valence-corrected chi connectivity index (χ1v) is 9.73. The van der Waals surface area contributed by atoms with Gasteiger partial charge in [0.25, 0.3) is 5.91 Å². The number of likely N-dealkylation sites (tertiary alicyclic amines) is 1. The number of pyridine rings is 1. The molecule has 1 amide bonds. The van der Waals surface area contributed by atoms with E-state index in [-0.39, 0.29) is 5.91 Å². The molecule has 0 atom stereocenters. The number of carbonyl (C=O) groups excluding carboxylic acids is 1. The van der Waals surface area contributed by atoms with Crippen LogP contribution in [0.4, 0.5) is 0 Å². The van der Waals surface area contributed by atoms with Crippen molar-refractivity contribution in [2.24, 2.45) is 0 Å². The van der Waals surface area contributed by atoms with Crippen molar-refractivity contribution in [3.05, 3.63) is 62.9 Å². The SMILES string of the molecule is O=C(c1ccnc(Cl)c1)N(CCN1CCCC1)Cc1ccc(Cl)c(Cl)c1. The van der Waals surface area contributed by atoms with Crippen LogP contribution in [0, 0.1) is 0 Å². The lowest BCUT2D eigenvalue weighted by Crippen LogP contribution is -2.37. The molecule has 138 valence electrons. The molecule has 3 rings (SSSR count). The third-order valence-electron chi connectivity index (χ3n) is 4.50. The summed E-state index contributed by atoms with van der Waals surface area (Å²) in [7, 11) is 0. The van der Waals surface area contributed by atoms with Crippen molar-refractivity contribution in [2.45, 2.75) is 19.4 Å². The quantitative estimate of drug-likeness (QED) is 0.641. The van der Waals surface area contributed by atoms with E-state index >= 15 is 0 Å². The number of nitrogens with zero attached hydrogens (tertiary/aromatic N) is 3. The Hall–Kier alpha value is -1.33. The fourth-order valence-electron chi connectivity index (χ4n) is 3.10. The number of benzene rings is 1. The van der Waals surface area contributed by atoms with Gasteiger partial charge in [-0.1, -0.05) is 40.9 Å². The number of carbonyl (C=O) groups is 1. The molecule has 1 aromatic carbocycles. The van der Waals surface area contributed by atoms with Crippen LogP contribution in [0.15, 0.2) is 36.5 Å². The van der Waals surface area contributed by atoms with Crippen molar-refractivity contribution < 1.29 is 4.79 Å². The smallest absolute Gasteiger partial charge is 0.254 e. The average molecular weight is 413 g/mol. The molecule has 0 saturated carbocycles. The lowest BCUT2D eigenvalue weighted by molar-refractivity contribution is 0.0727. The summed E-state index contributed by atoms with van der Waals surface area (Å²) in [6, 6.07) is 8.74. The summed E-state index contributed by atoms with van der Waals surface area (Å²) in [5.74, 6) is -0.0698. The molecule has 0 N–H and O–H groups in total. The summed E-state index contributed by atoms with van der Waals surface area (Å²) in [6.45, 7) is 4.14. The van der Waals surface area contributed by atoms with Crippen LogP contribution in [0.5, 0.6) is 0 Å². The largest absolute Gasteiger partial charge is 0.333 e. The minimum Gasteiger partial charge on any atom is -0.333 e. The topological polar surface area (TPSA) is 36.4 Å². The van der Waals surface area contributed by atoms with Crippen LogP contribution in [-0.4, -0.2) is 46.9 Å². The second-order valence-corrected chi connectivity index (χ2v) is 7.59. The van der Waals surface area contributed by atoms with Gasteiger partial charge in [0.2, 0.25) is 0 Å². The molecule has 1 aliphatic rings. The number of hydrogen-bond donors (Lipinski definition) is 0. The van der Waals surface area contributed by atoms with Gasteiger partial charge in [0.15, 0.2) is 0 Å². The van der Waals surface area contributed by atoms with Crippen LogP contribution in [0.3, 0.4) is 0 Å². The highest BCUT2D eigenvalue weighted by Gasteiger charge is 2.19. The van der Waals surface area contributed by atoms with Gasteiger partial charge in [-0.2, -0.15) is 0 Å². The maximum absolute atomic E-state index is 13.0. The Morgan fingerprint density at radius 1 is 1.08 bits per heavy atom. The maximum atomic E-state index is 13.0. The molecule has 0 unspecified atom stereocenters. The van der Waals surface area contributed by atoms with E-state index in [1.807, 2.05) is 11.0 Å². The predicted molar refractivity (Wildman–Crippen MR) is 106 cm³/mol. The minimum atomic E-state index is -0.0698. The molecule has 2 heterocycles. The van der Waals surface area contributed by atoms with Gasteiger partial charge in [-0.15, -0.1) is 0 Å². The Morgan fingerprint density at radius 2 is 1.85 bits per heavy atom. The average Bonchev–Trinajstić information content (AvgIpc) is 3.14. The number of hydrogen-bond acceptors (Lipinski definition) is 3. The molecule has 1 fully saturated rings. The fourth-order valence-corrected chi connectivity index (χ4v) is 3.59. The Balaban J connectivity index is 1.77. The molecule has 1 aromatic heterocycles. The lowest BCUT2D eigenvalue weighted by atomic mass is 10.1. The molecular weight excluding hydrogens is 393 g/mol. The summed E-state index contributed by atoms with van der Waals surface area (Å²) in [6.07, 6.45) is 3.99. The highest BCUT2D eigenvalue weighted by molar-refractivity contribution is 6.42. The van der Waals surface area contributed by atoms with E-state index in [4.69, 9.17) is 34.8 Å². The number of rotatable bonds is 6. The van der Waals surface area contributed by atoms with Crippen molar-refractivity contribution in [2.75, 3.05) is 26.2 Å². The van der Waals surface area contributed by atoms with Gasteiger partial charge in [-0.05, 0) is 55.8 Å². The summed E-state index contributed by atoms with van der Waals surface area (Å²) in [4.78, 5) is 21.2. The minimum absolute atomic E-state index is 0.0698. The lowest BCUT2D eigenvalue weighted by Gasteiger charge is -2.26. The second-order valence-electron chi connectivity index (χ2n) is 6.39. The van der Waals surface area contributed by atoms with Gasteiger partial charge < -0.3 is 9.80 Å². The third kappa shape index (κ3) is 5.10. The normalized spacial score (nSPS) is 14.6. The number of amides is 1. The molecule has 1 aliphatic heterocycles. The second kappa shape index (κ2) is 9.05. The predicted octanol–water partition coefficient (Wildman–Crippen LogP) is 4.78. The molecule has 0 radical (unpaired) electrons. The van der Waals surface area contributed by atoms with Crippen LogP contribution in [-0.2, 0) is 6.54 Å². The van der Waals surface area contributed by atoms with Crippen molar-refractivity contribution in [3.63, 3.8) is 0 Å². The molecule has 1 saturated heterocycles. The molecule has 0 spiro atoms. The first kappa shape index (κ1) is 19.4. The molecule has 7 heteroatoms. The Bertz CT molecular complexity index is 778. The molecule has 4 nitrogen and oxygen atoms in total. The molecule has 0 bridgehead atoms. The summed E-state index contributed by atoms with van der Waals surface area (Å²) in [5.41, 5.74) is 1.47. The van der Waals surface area contributed by atoms with Crippen molar-refractivity contribution >= 4 is 40.7 Å².